The number of aryl methyl sites for hydroxylation is 1. The van der Waals surface area contributed by atoms with E-state index in [2.05, 4.69) is 15.8 Å². The highest BCUT2D eigenvalue weighted by molar-refractivity contribution is 5.97. The van der Waals surface area contributed by atoms with Crippen LogP contribution in [0.2, 0.25) is 0 Å². The lowest BCUT2D eigenvalue weighted by molar-refractivity contribution is -0.123. The zero-order chi connectivity index (χ0) is 26.8. The molecule has 7 nitrogen and oxygen atoms in total. The van der Waals surface area contributed by atoms with Crippen LogP contribution < -0.4 is 20.2 Å². The van der Waals surface area contributed by atoms with Gasteiger partial charge in [0, 0.05) is 5.56 Å². The lowest BCUT2D eigenvalue weighted by Crippen LogP contribution is -2.48. The van der Waals surface area contributed by atoms with Gasteiger partial charge in [-0.05, 0) is 73.4 Å². The molecule has 194 valence electrons. The van der Waals surface area contributed by atoms with Gasteiger partial charge in [-0.15, -0.1) is 0 Å². The van der Waals surface area contributed by atoms with Crippen molar-refractivity contribution in [3.05, 3.63) is 94.8 Å². The van der Waals surface area contributed by atoms with Crippen LogP contribution in [0.15, 0.2) is 71.8 Å². The van der Waals surface area contributed by atoms with Crippen molar-refractivity contribution in [2.24, 2.45) is 11.0 Å². The topological polar surface area (TPSA) is 89.0 Å². The molecule has 3 aromatic rings. The predicted molar refractivity (Wildman–Crippen MR) is 141 cm³/mol. The number of amides is 2. The fourth-order valence-corrected chi connectivity index (χ4v) is 3.44. The summed E-state index contributed by atoms with van der Waals surface area (Å²) in [5.41, 5.74) is 5.67. The minimum atomic E-state index is -0.828. The molecule has 0 fully saturated rings. The molecule has 0 aliphatic heterocycles. The monoisotopic (exact) mass is 505 g/mol. The molecule has 2 amide bonds. The second-order valence-corrected chi connectivity index (χ2v) is 8.85. The molecule has 0 aromatic heterocycles. The van der Waals surface area contributed by atoms with E-state index in [0.717, 1.165) is 5.56 Å². The van der Waals surface area contributed by atoms with E-state index in [1.165, 1.54) is 36.0 Å². The first-order valence-corrected chi connectivity index (χ1v) is 12.1. The predicted octanol–water partition coefficient (Wildman–Crippen LogP) is 5.02. The van der Waals surface area contributed by atoms with Crippen molar-refractivity contribution in [3.63, 3.8) is 0 Å². The van der Waals surface area contributed by atoms with Crippen LogP contribution in [0.25, 0.3) is 0 Å². The van der Waals surface area contributed by atoms with Gasteiger partial charge in [0.1, 0.15) is 18.5 Å². The summed E-state index contributed by atoms with van der Waals surface area (Å²) in [5, 5.41) is 6.73. The Morgan fingerprint density at radius 3 is 2.32 bits per heavy atom. The van der Waals surface area contributed by atoms with Gasteiger partial charge in [-0.3, -0.25) is 9.59 Å². The highest BCUT2D eigenvalue weighted by Crippen LogP contribution is 2.29. The normalized spacial score (nSPS) is 11.8. The summed E-state index contributed by atoms with van der Waals surface area (Å²) in [4.78, 5) is 25.2. The Hall–Kier alpha value is -4.20. The Morgan fingerprint density at radius 1 is 0.973 bits per heavy atom. The Kier molecular flexibility index (Phi) is 9.77. The molecule has 0 spiro atoms. The van der Waals surface area contributed by atoms with Crippen LogP contribution in [-0.4, -0.2) is 30.7 Å². The van der Waals surface area contributed by atoms with E-state index >= 15 is 0 Å². The third kappa shape index (κ3) is 8.17. The van der Waals surface area contributed by atoms with Crippen molar-refractivity contribution in [3.8, 4) is 11.5 Å². The first kappa shape index (κ1) is 27.4. The summed E-state index contributed by atoms with van der Waals surface area (Å²) in [6, 6.07) is 17.8. The molecule has 0 radical (unpaired) electrons. The molecule has 0 saturated heterocycles. The Labute approximate surface area is 216 Å². The van der Waals surface area contributed by atoms with Gasteiger partial charge in [-0.2, -0.15) is 5.10 Å². The van der Waals surface area contributed by atoms with Crippen molar-refractivity contribution < 1.29 is 23.5 Å². The number of hydrazone groups is 1. The maximum Gasteiger partial charge on any atom is 0.262 e. The molecule has 3 rings (SSSR count). The standard InChI is InChI=1S/C29H32FN3O4/c1-5-36-26-16-22(10-15-25(26)37-18-21-8-6-20(4)7-9-21)17-31-33-29(35)27(19(2)3)32-28(34)23-11-13-24(30)14-12-23/h6-17,19,27H,5,18H2,1-4H3,(H,32,34)(H,33,35)/b31-17+. The van der Waals surface area contributed by atoms with Crippen LogP contribution in [0.1, 0.15) is 47.8 Å². The van der Waals surface area contributed by atoms with E-state index < -0.39 is 23.7 Å². The maximum absolute atomic E-state index is 13.1. The number of halogens is 1. The number of hydrogen-bond donors (Lipinski definition) is 2. The van der Waals surface area contributed by atoms with Gasteiger partial charge in [-0.25, -0.2) is 9.82 Å². The molecular weight excluding hydrogens is 473 g/mol. The summed E-state index contributed by atoms with van der Waals surface area (Å²) in [5.74, 6) is -0.412. The van der Waals surface area contributed by atoms with Gasteiger partial charge in [0.2, 0.25) is 0 Å². The number of carbonyl (C=O) groups excluding carboxylic acids is 2. The molecule has 8 heteroatoms. The van der Waals surface area contributed by atoms with Gasteiger partial charge in [0.25, 0.3) is 11.8 Å². The second kappa shape index (κ2) is 13.2. The summed E-state index contributed by atoms with van der Waals surface area (Å²) in [6.07, 6.45) is 1.49. The number of hydrogen-bond acceptors (Lipinski definition) is 5. The molecule has 1 atom stereocenters. The highest BCUT2D eigenvalue weighted by Gasteiger charge is 2.24. The van der Waals surface area contributed by atoms with Gasteiger partial charge < -0.3 is 14.8 Å². The van der Waals surface area contributed by atoms with Crippen LogP contribution in [0.5, 0.6) is 11.5 Å². The SMILES string of the molecule is CCOc1cc(/C=N/NC(=O)C(NC(=O)c2ccc(F)cc2)C(C)C)ccc1OCc1ccc(C)cc1. The van der Waals surface area contributed by atoms with E-state index in [-0.39, 0.29) is 11.5 Å². The molecule has 37 heavy (non-hydrogen) atoms. The number of nitrogens with one attached hydrogen (secondary N) is 2. The lowest BCUT2D eigenvalue weighted by Gasteiger charge is -2.20. The maximum atomic E-state index is 13.1. The lowest BCUT2D eigenvalue weighted by atomic mass is 10.0. The zero-order valence-corrected chi connectivity index (χ0v) is 21.5. The van der Waals surface area contributed by atoms with Crippen LogP contribution in [0, 0.1) is 18.7 Å². The Balaban J connectivity index is 1.62. The first-order chi connectivity index (χ1) is 17.8. The average molecular weight is 506 g/mol. The number of benzene rings is 3. The van der Waals surface area contributed by atoms with E-state index in [9.17, 15) is 14.0 Å². The first-order valence-electron chi connectivity index (χ1n) is 12.1. The summed E-state index contributed by atoms with van der Waals surface area (Å²) >= 11 is 0. The molecule has 0 bridgehead atoms. The largest absolute Gasteiger partial charge is 0.490 e. The second-order valence-electron chi connectivity index (χ2n) is 8.85. The molecule has 0 aliphatic rings. The minimum Gasteiger partial charge on any atom is -0.490 e. The van der Waals surface area contributed by atoms with Gasteiger partial charge in [-0.1, -0.05) is 43.7 Å². The van der Waals surface area contributed by atoms with Gasteiger partial charge in [0.05, 0.1) is 12.8 Å². The number of nitrogens with zero attached hydrogens (tertiary/aromatic N) is 1. The number of rotatable bonds is 11. The van der Waals surface area contributed by atoms with E-state index in [1.807, 2.05) is 52.0 Å². The molecule has 0 heterocycles. The average Bonchev–Trinajstić information content (AvgIpc) is 2.88. The highest BCUT2D eigenvalue weighted by atomic mass is 19.1. The smallest absolute Gasteiger partial charge is 0.262 e. The molecule has 3 aromatic carbocycles. The van der Waals surface area contributed by atoms with Crippen molar-refractivity contribution >= 4 is 18.0 Å². The van der Waals surface area contributed by atoms with Crippen LogP contribution in [-0.2, 0) is 11.4 Å². The summed E-state index contributed by atoms with van der Waals surface area (Å²) in [7, 11) is 0. The van der Waals surface area contributed by atoms with E-state index in [0.29, 0.717) is 30.3 Å². The third-order valence-electron chi connectivity index (χ3n) is 5.51. The van der Waals surface area contributed by atoms with Crippen molar-refractivity contribution in [2.45, 2.75) is 40.3 Å². The van der Waals surface area contributed by atoms with Gasteiger partial charge in [0.15, 0.2) is 11.5 Å². The van der Waals surface area contributed by atoms with Crippen LogP contribution >= 0.6 is 0 Å². The van der Waals surface area contributed by atoms with E-state index in [4.69, 9.17) is 9.47 Å². The number of carbonyl (C=O) groups is 2. The molecule has 1 unspecified atom stereocenters. The van der Waals surface area contributed by atoms with Crippen LogP contribution in [0.4, 0.5) is 4.39 Å². The Morgan fingerprint density at radius 2 is 1.68 bits per heavy atom. The Bertz CT molecular complexity index is 1220. The summed E-state index contributed by atoms with van der Waals surface area (Å²) < 4.78 is 24.8. The molecule has 0 saturated carbocycles. The zero-order valence-electron chi connectivity index (χ0n) is 21.5. The summed E-state index contributed by atoms with van der Waals surface area (Å²) in [6.45, 7) is 8.40. The van der Waals surface area contributed by atoms with Crippen molar-refractivity contribution in [1.29, 1.82) is 0 Å². The van der Waals surface area contributed by atoms with E-state index in [1.54, 1.807) is 18.2 Å². The molecular formula is C29H32FN3O4. The van der Waals surface area contributed by atoms with Crippen LogP contribution in [0.3, 0.4) is 0 Å². The fourth-order valence-electron chi connectivity index (χ4n) is 3.44. The fraction of sp³-hybridized carbons (Fsp3) is 0.276. The third-order valence-corrected chi connectivity index (χ3v) is 5.51. The molecule has 2 N–H and O–H groups in total. The van der Waals surface area contributed by atoms with Gasteiger partial charge >= 0.3 is 0 Å². The van der Waals surface area contributed by atoms with Crippen molar-refractivity contribution in [1.82, 2.24) is 10.7 Å². The molecule has 0 aliphatic carbocycles. The minimum absolute atomic E-state index is 0.200. The number of ether oxygens (including phenoxy) is 2. The quantitative estimate of drug-likeness (QED) is 0.283. The van der Waals surface area contributed by atoms with Crippen molar-refractivity contribution in [2.75, 3.05) is 6.61 Å².